The van der Waals surface area contributed by atoms with Crippen molar-refractivity contribution in [2.45, 2.75) is 13.1 Å². The molecule has 0 unspecified atom stereocenters. The van der Waals surface area contributed by atoms with E-state index in [1.165, 1.54) is 12.3 Å². The van der Waals surface area contributed by atoms with E-state index in [9.17, 15) is 13.2 Å². The predicted octanol–water partition coefficient (Wildman–Crippen LogP) is 3.56. The van der Waals surface area contributed by atoms with E-state index in [-0.39, 0.29) is 0 Å². The summed E-state index contributed by atoms with van der Waals surface area (Å²) in [4.78, 5) is 3.87. The standard InChI is InChI=1S/C11H8F3N/c1-7-5-15-6-8-4-9(11(12,13)14)2-3-10(7)8/h2-6H,1H3. The molecule has 0 saturated carbocycles. The zero-order valence-corrected chi connectivity index (χ0v) is 7.97. The normalized spacial score (nSPS) is 12.0. The minimum atomic E-state index is -4.29. The summed E-state index contributed by atoms with van der Waals surface area (Å²) in [6.07, 6.45) is -1.22. The Morgan fingerprint density at radius 2 is 1.87 bits per heavy atom. The molecule has 0 amide bonds. The van der Waals surface area contributed by atoms with E-state index < -0.39 is 11.7 Å². The van der Waals surface area contributed by atoms with E-state index in [1.54, 1.807) is 6.20 Å². The number of hydrogen-bond donors (Lipinski definition) is 0. The fraction of sp³-hybridized carbons (Fsp3) is 0.182. The first-order chi connectivity index (χ1) is 6.98. The third-order valence-electron chi connectivity index (χ3n) is 2.29. The summed E-state index contributed by atoms with van der Waals surface area (Å²) >= 11 is 0. The molecule has 0 aliphatic heterocycles. The number of benzene rings is 1. The van der Waals surface area contributed by atoms with Gasteiger partial charge in [-0.15, -0.1) is 0 Å². The van der Waals surface area contributed by atoms with Crippen molar-refractivity contribution < 1.29 is 13.2 Å². The van der Waals surface area contributed by atoms with Crippen molar-refractivity contribution in [2.75, 3.05) is 0 Å². The van der Waals surface area contributed by atoms with Gasteiger partial charge in [0.05, 0.1) is 5.56 Å². The first-order valence-electron chi connectivity index (χ1n) is 4.40. The van der Waals surface area contributed by atoms with E-state index in [0.29, 0.717) is 5.39 Å². The quantitative estimate of drug-likeness (QED) is 0.649. The number of aryl methyl sites for hydroxylation is 1. The van der Waals surface area contributed by atoms with Gasteiger partial charge in [0.15, 0.2) is 0 Å². The van der Waals surface area contributed by atoms with Crippen LogP contribution in [0.2, 0.25) is 0 Å². The Balaban J connectivity index is 2.68. The van der Waals surface area contributed by atoms with Crippen LogP contribution in [0.1, 0.15) is 11.1 Å². The van der Waals surface area contributed by atoms with Crippen LogP contribution in [-0.2, 0) is 6.18 Å². The van der Waals surface area contributed by atoms with Gasteiger partial charge in [0.2, 0.25) is 0 Å². The van der Waals surface area contributed by atoms with Gasteiger partial charge in [0, 0.05) is 17.8 Å². The van der Waals surface area contributed by atoms with Crippen LogP contribution in [0.25, 0.3) is 10.8 Å². The van der Waals surface area contributed by atoms with Crippen molar-refractivity contribution in [1.29, 1.82) is 0 Å². The molecule has 0 fully saturated rings. The largest absolute Gasteiger partial charge is 0.416 e. The highest BCUT2D eigenvalue weighted by Gasteiger charge is 2.30. The van der Waals surface area contributed by atoms with Gasteiger partial charge >= 0.3 is 6.18 Å². The molecule has 78 valence electrons. The molecule has 0 atom stereocenters. The van der Waals surface area contributed by atoms with E-state index in [1.807, 2.05) is 6.92 Å². The van der Waals surface area contributed by atoms with E-state index in [0.717, 1.165) is 23.1 Å². The number of hydrogen-bond acceptors (Lipinski definition) is 1. The number of halogens is 3. The number of alkyl halides is 3. The number of aromatic nitrogens is 1. The molecule has 0 spiro atoms. The van der Waals surface area contributed by atoms with Gasteiger partial charge in [-0.3, -0.25) is 4.98 Å². The van der Waals surface area contributed by atoms with Crippen molar-refractivity contribution in [1.82, 2.24) is 4.98 Å². The van der Waals surface area contributed by atoms with Crippen molar-refractivity contribution in [3.05, 3.63) is 41.7 Å². The summed E-state index contributed by atoms with van der Waals surface area (Å²) < 4.78 is 37.2. The third-order valence-corrected chi connectivity index (χ3v) is 2.29. The Morgan fingerprint density at radius 3 is 2.53 bits per heavy atom. The topological polar surface area (TPSA) is 12.9 Å². The molecule has 2 rings (SSSR count). The maximum atomic E-state index is 12.4. The second kappa shape index (κ2) is 3.22. The minimum Gasteiger partial charge on any atom is -0.264 e. The zero-order chi connectivity index (χ0) is 11.1. The van der Waals surface area contributed by atoms with Crippen LogP contribution < -0.4 is 0 Å². The van der Waals surface area contributed by atoms with Gasteiger partial charge in [-0.25, -0.2) is 0 Å². The molecule has 1 aromatic carbocycles. The van der Waals surface area contributed by atoms with Crippen LogP contribution in [0.5, 0.6) is 0 Å². The Bertz CT molecular complexity index is 503. The van der Waals surface area contributed by atoms with Gasteiger partial charge in [0.1, 0.15) is 0 Å². The Kier molecular flexibility index (Phi) is 2.14. The maximum absolute atomic E-state index is 12.4. The number of fused-ring (bicyclic) bond motifs is 1. The number of rotatable bonds is 0. The van der Waals surface area contributed by atoms with Gasteiger partial charge in [-0.1, -0.05) is 6.07 Å². The average molecular weight is 211 g/mol. The first-order valence-corrected chi connectivity index (χ1v) is 4.40. The molecule has 1 heterocycles. The van der Waals surface area contributed by atoms with E-state index >= 15 is 0 Å². The predicted molar refractivity (Wildman–Crippen MR) is 51.5 cm³/mol. The third kappa shape index (κ3) is 1.79. The summed E-state index contributed by atoms with van der Waals surface area (Å²) in [5.74, 6) is 0. The molecular formula is C11H8F3N. The van der Waals surface area contributed by atoms with Crippen LogP contribution in [0, 0.1) is 6.92 Å². The summed E-state index contributed by atoms with van der Waals surface area (Å²) in [6, 6.07) is 3.69. The molecule has 4 heteroatoms. The van der Waals surface area contributed by atoms with Crippen LogP contribution in [0.15, 0.2) is 30.6 Å². The van der Waals surface area contributed by atoms with Crippen molar-refractivity contribution in [3.8, 4) is 0 Å². The minimum absolute atomic E-state index is 0.518. The highest BCUT2D eigenvalue weighted by Crippen LogP contribution is 2.31. The molecule has 0 bridgehead atoms. The van der Waals surface area contributed by atoms with Gasteiger partial charge in [-0.2, -0.15) is 13.2 Å². The lowest BCUT2D eigenvalue weighted by atomic mass is 10.1. The average Bonchev–Trinajstić information content (AvgIpc) is 2.16. The second-order valence-electron chi connectivity index (χ2n) is 3.39. The lowest BCUT2D eigenvalue weighted by Gasteiger charge is -2.08. The van der Waals surface area contributed by atoms with Crippen LogP contribution in [0.3, 0.4) is 0 Å². The van der Waals surface area contributed by atoms with Gasteiger partial charge in [-0.05, 0) is 30.0 Å². The highest BCUT2D eigenvalue weighted by molar-refractivity contribution is 5.85. The molecule has 2 aromatic rings. The van der Waals surface area contributed by atoms with Crippen LogP contribution in [-0.4, -0.2) is 4.98 Å². The Hall–Kier alpha value is -1.58. The molecule has 1 aromatic heterocycles. The lowest BCUT2D eigenvalue weighted by Crippen LogP contribution is -2.04. The van der Waals surface area contributed by atoms with E-state index in [2.05, 4.69) is 4.98 Å². The SMILES string of the molecule is Cc1cncc2cc(C(F)(F)F)ccc12. The fourth-order valence-corrected chi connectivity index (χ4v) is 1.50. The van der Waals surface area contributed by atoms with Crippen molar-refractivity contribution in [3.63, 3.8) is 0 Å². The second-order valence-corrected chi connectivity index (χ2v) is 3.39. The molecule has 0 radical (unpaired) electrons. The molecule has 0 saturated heterocycles. The Morgan fingerprint density at radius 1 is 1.13 bits per heavy atom. The number of pyridine rings is 1. The van der Waals surface area contributed by atoms with Crippen LogP contribution >= 0.6 is 0 Å². The summed E-state index contributed by atoms with van der Waals surface area (Å²) in [7, 11) is 0. The molecule has 0 aliphatic rings. The monoisotopic (exact) mass is 211 g/mol. The fourth-order valence-electron chi connectivity index (χ4n) is 1.50. The van der Waals surface area contributed by atoms with Crippen molar-refractivity contribution in [2.24, 2.45) is 0 Å². The lowest BCUT2D eigenvalue weighted by molar-refractivity contribution is -0.137. The Labute approximate surface area is 84.6 Å². The molecule has 0 N–H and O–H groups in total. The zero-order valence-electron chi connectivity index (χ0n) is 7.97. The van der Waals surface area contributed by atoms with Gasteiger partial charge < -0.3 is 0 Å². The van der Waals surface area contributed by atoms with Crippen molar-refractivity contribution >= 4 is 10.8 Å². The van der Waals surface area contributed by atoms with Crippen LogP contribution in [0.4, 0.5) is 13.2 Å². The maximum Gasteiger partial charge on any atom is 0.416 e. The molecule has 0 aliphatic carbocycles. The molecule has 15 heavy (non-hydrogen) atoms. The smallest absolute Gasteiger partial charge is 0.264 e. The molecular weight excluding hydrogens is 203 g/mol. The van der Waals surface area contributed by atoms with E-state index in [4.69, 9.17) is 0 Å². The summed E-state index contributed by atoms with van der Waals surface area (Å²) in [6.45, 7) is 1.82. The summed E-state index contributed by atoms with van der Waals surface area (Å²) in [5.41, 5.74) is 0.239. The summed E-state index contributed by atoms with van der Waals surface area (Å²) in [5, 5.41) is 1.32. The number of nitrogens with zero attached hydrogens (tertiary/aromatic N) is 1. The highest BCUT2D eigenvalue weighted by atomic mass is 19.4. The molecule has 1 nitrogen and oxygen atoms in total. The van der Waals surface area contributed by atoms with Gasteiger partial charge in [0.25, 0.3) is 0 Å². The first kappa shape index (κ1) is 9.96.